The molecule has 0 aliphatic carbocycles. The van der Waals surface area contributed by atoms with Gasteiger partial charge in [-0.1, -0.05) is 18.2 Å². The number of anilines is 1. The molecule has 0 fully saturated rings. The minimum atomic E-state index is -4.43. The maximum Gasteiger partial charge on any atom is 0.416 e. The molecule has 0 radical (unpaired) electrons. The number of hydrazone groups is 1. The van der Waals surface area contributed by atoms with E-state index in [1.165, 1.54) is 36.5 Å². The molecule has 2 aromatic carbocycles. The number of benzene rings is 2. The summed E-state index contributed by atoms with van der Waals surface area (Å²) in [6.45, 7) is 0. The monoisotopic (exact) mass is 341 g/mol. The van der Waals surface area contributed by atoms with Crippen LogP contribution >= 0.6 is 12.2 Å². The first-order valence-corrected chi connectivity index (χ1v) is 6.78. The highest BCUT2D eigenvalue weighted by Gasteiger charge is 2.30. The van der Waals surface area contributed by atoms with Gasteiger partial charge in [-0.25, -0.2) is 4.39 Å². The molecule has 0 amide bonds. The summed E-state index contributed by atoms with van der Waals surface area (Å²) in [5.74, 6) is -0.404. The largest absolute Gasteiger partial charge is 0.416 e. The van der Waals surface area contributed by atoms with Gasteiger partial charge in [0.25, 0.3) is 0 Å². The first kappa shape index (κ1) is 16.9. The number of rotatable bonds is 3. The van der Waals surface area contributed by atoms with Crippen molar-refractivity contribution in [2.45, 2.75) is 6.18 Å². The average molecular weight is 341 g/mol. The van der Waals surface area contributed by atoms with E-state index >= 15 is 0 Å². The van der Waals surface area contributed by atoms with Crippen molar-refractivity contribution in [1.82, 2.24) is 5.43 Å². The molecular formula is C15H11F4N3S. The van der Waals surface area contributed by atoms with Crippen molar-refractivity contribution in [1.29, 1.82) is 0 Å². The summed E-state index contributed by atoms with van der Waals surface area (Å²) in [7, 11) is 0. The molecule has 0 bridgehead atoms. The molecule has 2 aromatic rings. The number of hydrogen-bond acceptors (Lipinski definition) is 2. The van der Waals surface area contributed by atoms with Gasteiger partial charge in [-0.05, 0) is 48.1 Å². The summed E-state index contributed by atoms with van der Waals surface area (Å²) < 4.78 is 50.8. The van der Waals surface area contributed by atoms with E-state index in [1.807, 2.05) is 0 Å². The predicted molar refractivity (Wildman–Crippen MR) is 84.8 cm³/mol. The second kappa shape index (κ2) is 7.19. The van der Waals surface area contributed by atoms with Gasteiger partial charge < -0.3 is 5.32 Å². The van der Waals surface area contributed by atoms with E-state index in [0.29, 0.717) is 5.56 Å². The van der Waals surface area contributed by atoms with Crippen LogP contribution in [0.15, 0.2) is 53.6 Å². The third-order valence-electron chi connectivity index (χ3n) is 2.68. The molecule has 0 atom stereocenters. The van der Waals surface area contributed by atoms with Gasteiger partial charge in [0.1, 0.15) is 5.82 Å². The minimum Gasteiger partial charge on any atom is -0.331 e. The van der Waals surface area contributed by atoms with Crippen LogP contribution in [0.25, 0.3) is 0 Å². The molecule has 23 heavy (non-hydrogen) atoms. The van der Waals surface area contributed by atoms with Gasteiger partial charge in [-0.2, -0.15) is 18.3 Å². The molecule has 0 saturated heterocycles. The first-order valence-electron chi connectivity index (χ1n) is 6.37. The van der Waals surface area contributed by atoms with Gasteiger partial charge in [0, 0.05) is 5.69 Å². The summed E-state index contributed by atoms with van der Waals surface area (Å²) in [6.07, 6.45) is -3.09. The van der Waals surface area contributed by atoms with Crippen molar-refractivity contribution >= 4 is 29.2 Å². The van der Waals surface area contributed by atoms with Crippen LogP contribution in [0.3, 0.4) is 0 Å². The summed E-state index contributed by atoms with van der Waals surface area (Å²) >= 11 is 4.92. The zero-order valence-electron chi connectivity index (χ0n) is 11.6. The van der Waals surface area contributed by atoms with E-state index in [9.17, 15) is 17.6 Å². The average Bonchev–Trinajstić information content (AvgIpc) is 2.46. The Bertz CT molecular complexity index is 729. The topological polar surface area (TPSA) is 36.4 Å². The van der Waals surface area contributed by atoms with E-state index in [2.05, 4.69) is 15.8 Å². The number of alkyl halides is 3. The first-order chi connectivity index (χ1) is 10.8. The van der Waals surface area contributed by atoms with Crippen LogP contribution in [0, 0.1) is 5.82 Å². The Morgan fingerprint density at radius 2 is 1.83 bits per heavy atom. The molecule has 8 heteroatoms. The smallest absolute Gasteiger partial charge is 0.331 e. The van der Waals surface area contributed by atoms with E-state index in [0.717, 1.165) is 12.1 Å². The van der Waals surface area contributed by atoms with Gasteiger partial charge in [-0.15, -0.1) is 0 Å². The second-order valence-corrected chi connectivity index (χ2v) is 4.87. The highest BCUT2D eigenvalue weighted by Crippen LogP contribution is 2.30. The van der Waals surface area contributed by atoms with Gasteiger partial charge in [0.05, 0.1) is 11.8 Å². The van der Waals surface area contributed by atoms with Crippen molar-refractivity contribution < 1.29 is 17.6 Å². The fraction of sp³-hybridized carbons (Fsp3) is 0.0667. The third kappa shape index (κ3) is 5.33. The molecule has 2 N–H and O–H groups in total. The molecular weight excluding hydrogens is 330 g/mol. The molecule has 0 aliphatic rings. The maximum atomic E-state index is 13.0. The molecule has 2 rings (SSSR count). The van der Waals surface area contributed by atoms with E-state index in [4.69, 9.17) is 12.2 Å². The van der Waals surface area contributed by atoms with Crippen LogP contribution in [0.5, 0.6) is 0 Å². The molecule has 0 unspecified atom stereocenters. The Labute approximate surface area is 135 Å². The number of hydrogen-bond donors (Lipinski definition) is 2. The van der Waals surface area contributed by atoms with Crippen LogP contribution in [-0.4, -0.2) is 11.3 Å². The lowest BCUT2D eigenvalue weighted by Gasteiger charge is -2.10. The number of halogens is 4. The zero-order valence-corrected chi connectivity index (χ0v) is 12.4. The van der Waals surface area contributed by atoms with Crippen molar-refractivity contribution in [3.05, 3.63) is 65.5 Å². The lowest BCUT2D eigenvalue weighted by Crippen LogP contribution is -2.24. The van der Waals surface area contributed by atoms with Gasteiger partial charge in [0.2, 0.25) is 0 Å². The molecule has 120 valence electrons. The summed E-state index contributed by atoms with van der Waals surface area (Å²) in [4.78, 5) is 0. The number of nitrogens with zero attached hydrogens (tertiary/aromatic N) is 1. The molecule has 3 nitrogen and oxygen atoms in total. The summed E-state index contributed by atoms with van der Waals surface area (Å²) in [6, 6.07) is 10.3. The van der Waals surface area contributed by atoms with Crippen LogP contribution < -0.4 is 10.7 Å². The third-order valence-corrected chi connectivity index (χ3v) is 2.87. The predicted octanol–water partition coefficient (Wildman–Crippen LogP) is 4.17. The Hall–Kier alpha value is -2.48. The molecule has 0 saturated carbocycles. The standard InChI is InChI=1S/C15H11F4N3S/c16-12-5-1-3-10(7-12)9-20-22-14(23)21-13-6-2-4-11(8-13)15(17,18)19/h1-9H,(H2,21,22,23)/b20-9+. The SMILES string of the molecule is Fc1cccc(/C=N/NC(=S)Nc2cccc(C(F)(F)F)c2)c1. The lowest BCUT2D eigenvalue weighted by atomic mass is 10.2. The number of thiocarbonyl (C=S) groups is 1. The van der Waals surface area contributed by atoms with Crippen LogP contribution in [0.4, 0.5) is 23.2 Å². The Morgan fingerprint density at radius 1 is 1.09 bits per heavy atom. The van der Waals surface area contributed by atoms with Gasteiger partial charge >= 0.3 is 6.18 Å². The van der Waals surface area contributed by atoms with E-state index < -0.39 is 17.6 Å². The fourth-order valence-electron chi connectivity index (χ4n) is 1.68. The molecule has 0 spiro atoms. The highest BCUT2D eigenvalue weighted by molar-refractivity contribution is 7.80. The zero-order chi connectivity index (χ0) is 16.9. The normalized spacial score (nSPS) is 11.5. The van der Waals surface area contributed by atoms with E-state index in [1.54, 1.807) is 6.07 Å². The Morgan fingerprint density at radius 3 is 2.52 bits per heavy atom. The lowest BCUT2D eigenvalue weighted by molar-refractivity contribution is -0.137. The summed E-state index contributed by atoms with van der Waals surface area (Å²) in [5, 5.41) is 6.38. The maximum absolute atomic E-state index is 13.0. The van der Waals surface area contributed by atoms with Gasteiger partial charge in [0.15, 0.2) is 5.11 Å². The number of nitrogens with one attached hydrogen (secondary N) is 2. The van der Waals surface area contributed by atoms with Crippen molar-refractivity contribution in [2.75, 3.05) is 5.32 Å². The highest BCUT2D eigenvalue weighted by atomic mass is 32.1. The van der Waals surface area contributed by atoms with Crippen LogP contribution in [0.2, 0.25) is 0 Å². The Balaban J connectivity index is 1.95. The molecule has 0 heterocycles. The minimum absolute atomic E-state index is 0.0111. The van der Waals surface area contributed by atoms with Crippen molar-refractivity contribution in [3.8, 4) is 0 Å². The van der Waals surface area contributed by atoms with Crippen molar-refractivity contribution in [2.24, 2.45) is 5.10 Å². The molecule has 0 aromatic heterocycles. The fourth-order valence-corrected chi connectivity index (χ4v) is 1.86. The Kier molecular flexibility index (Phi) is 5.28. The van der Waals surface area contributed by atoms with Crippen molar-refractivity contribution in [3.63, 3.8) is 0 Å². The summed E-state index contributed by atoms with van der Waals surface area (Å²) in [5.41, 5.74) is 2.35. The van der Waals surface area contributed by atoms with E-state index in [-0.39, 0.29) is 10.8 Å². The van der Waals surface area contributed by atoms with Crippen LogP contribution in [-0.2, 0) is 6.18 Å². The van der Waals surface area contributed by atoms with Crippen LogP contribution in [0.1, 0.15) is 11.1 Å². The molecule has 0 aliphatic heterocycles. The second-order valence-electron chi connectivity index (χ2n) is 4.46. The van der Waals surface area contributed by atoms with Gasteiger partial charge in [-0.3, -0.25) is 5.43 Å². The quantitative estimate of drug-likeness (QED) is 0.381.